The minimum Gasteiger partial charge on any atom is -0.497 e. The van der Waals surface area contributed by atoms with E-state index in [2.05, 4.69) is 0 Å². The molecule has 0 radical (unpaired) electrons. The van der Waals surface area contributed by atoms with Gasteiger partial charge >= 0.3 is 11.9 Å². The van der Waals surface area contributed by atoms with Crippen LogP contribution >= 0.6 is 0 Å². The van der Waals surface area contributed by atoms with Gasteiger partial charge in [-0.1, -0.05) is 0 Å². The second kappa shape index (κ2) is 9.88. The van der Waals surface area contributed by atoms with Crippen LogP contribution in [0.15, 0.2) is 60.7 Å². The second-order valence-electron chi connectivity index (χ2n) is 5.13. The molecule has 0 aliphatic heterocycles. The fourth-order valence-corrected chi connectivity index (χ4v) is 2.00. The third kappa shape index (κ3) is 5.66. The number of hydrogen-bond acceptors (Lipinski definition) is 6. The molecule has 2 aromatic carbocycles. The number of hydrogen-bond donors (Lipinski definition) is 0. The lowest BCUT2D eigenvalue weighted by atomic mass is 10.2. The van der Waals surface area contributed by atoms with E-state index in [0.29, 0.717) is 22.6 Å². The molecule has 0 unspecified atom stereocenters. The largest absolute Gasteiger partial charge is 0.497 e. The molecule has 0 N–H and O–H groups in total. The molecule has 0 amide bonds. The standard InChI is InChI=1S/C20H20O6/c1-23-17-9-5-15(6-10-17)19(21)25-13-3-4-14-26-20(22)16-7-11-18(24-2)12-8-16/h3-12H,13-14H2,1-2H3/b4-3-. The van der Waals surface area contributed by atoms with E-state index >= 15 is 0 Å². The Hall–Kier alpha value is -3.28. The molecule has 26 heavy (non-hydrogen) atoms. The Bertz CT molecular complexity index is 681. The molecule has 0 bridgehead atoms. The fraction of sp³-hybridized carbons (Fsp3) is 0.200. The highest BCUT2D eigenvalue weighted by atomic mass is 16.5. The zero-order valence-corrected chi connectivity index (χ0v) is 14.6. The lowest BCUT2D eigenvalue weighted by molar-refractivity contribution is 0.0527. The van der Waals surface area contributed by atoms with Gasteiger partial charge in [-0.15, -0.1) is 0 Å². The van der Waals surface area contributed by atoms with Crippen LogP contribution in [0.1, 0.15) is 20.7 Å². The summed E-state index contributed by atoms with van der Waals surface area (Å²) in [5.74, 6) is 0.459. The predicted octanol–water partition coefficient (Wildman–Crippen LogP) is 3.27. The summed E-state index contributed by atoms with van der Waals surface area (Å²) in [6.45, 7) is 0.176. The number of rotatable bonds is 8. The Labute approximate surface area is 151 Å². The first-order chi connectivity index (χ1) is 12.6. The van der Waals surface area contributed by atoms with Crippen molar-refractivity contribution in [3.63, 3.8) is 0 Å². The van der Waals surface area contributed by atoms with Crippen molar-refractivity contribution in [2.75, 3.05) is 27.4 Å². The van der Waals surface area contributed by atoms with Gasteiger partial charge < -0.3 is 18.9 Å². The smallest absolute Gasteiger partial charge is 0.338 e. The summed E-state index contributed by atoms with van der Waals surface area (Å²) in [6, 6.07) is 13.2. The molecule has 0 atom stereocenters. The van der Waals surface area contributed by atoms with Crippen molar-refractivity contribution in [2.24, 2.45) is 0 Å². The molecule has 6 heteroatoms. The topological polar surface area (TPSA) is 71.1 Å². The molecular formula is C20H20O6. The summed E-state index contributed by atoms with van der Waals surface area (Å²) in [7, 11) is 3.11. The SMILES string of the molecule is COc1ccc(C(=O)OC/C=C\COC(=O)c2ccc(OC)cc2)cc1. The van der Waals surface area contributed by atoms with Gasteiger partial charge in [0.25, 0.3) is 0 Å². The molecule has 2 rings (SSSR count). The Kier molecular flexibility index (Phi) is 7.24. The third-order valence-electron chi connectivity index (χ3n) is 3.44. The van der Waals surface area contributed by atoms with Crippen molar-refractivity contribution in [2.45, 2.75) is 0 Å². The van der Waals surface area contributed by atoms with Crippen molar-refractivity contribution in [1.82, 2.24) is 0 Å². The molecule has 0 aromatic heterocycles. The van der Waals surface area contributed by atoms with E-state index in [1.54, 1.807) is 74.9 Å². The first kappa shape index (κ1) is 19.1. The van der Waals surface area contributed by atoms with E-state index in [0.717, 1.165) is 0 Å². The van der Waals surface area contributed by atoms with Gasteiger partial charge in [0.1, 0.15) is 24.7 Å². The molecule has 0 saturated heterocycles. The normalized spacial score (nSPS) is 10.4. The van der Waals surface area contributed by atoms with Gasteiger partial charge in [0.2, 0.25) is 0 Å². The molecule has 0 heterocycles. The maximum absolute atomic E-state index is 11.8. The van der Waals surface area contributed by atoms with Crippen LogP contribution in [-0.4, -0.2) is 39.4 Å². The van der Waals surface area contributed by atoms with Crippen LogP contribution in [-0.2, 0) is 9.47 Å². The molecule has 0 saturated carbocycles. The molecule has 2 aromatic rings. The van der Waals surface area contributed by atoms with Crippen LogP contribution in [0.2, 0.25) is 0 Å². The van der Waals surface area contributed by atoms with Gasteiger partial charge in [-0.05, 0) is 60.7 Å². The highest BCUT2D eigenvalue weighted by Gasteiger charge is 2.07. The number of esters is 2. The molecular weight excluding hydrogens is 336 g/mol. The number of carbonyl (C=O) groups is 2. The maximum Gasteiger partial charge on any atom is 0.338 e. The lowest BCUT2D eigenvalue weighted by Crippen LogP contribution is -2.06. The molecule has 0 spiro atoms. The quantitative estimate of drug-likeness (QED) is 0.534. The summed E-state index contributed by atoms with van der Waals surface area (Å²) in [4.78, 5) is 23.7. The van der Waals surface area contributed by atoms with Gasteiger partial charge in [-0.25, -0.2) is 9.59 Å². The van der Waals surface area contributed by atoms with Crippen LogP contribution in [0.4, 0.5) is 0 Å². The van der Waals surface area contributed by atoms with Crippen molar-refractivity contribution >= 4 is 11.9 Å². The summed E-state index contributed by atoms with van der Waals surface area (Å²) in [5.41, 5.74) is 0.871. The highest BCUT2D eigenvalue weighted by Crippen LogP contribution is 2.13. The van der Waals surface area contributed by atoms with E-state index in [-0.39, 0.29) is 13.2 Å². The number of benzene rings is 2. The van der Waals surface area contributed by atoms with Gasteiger partial charge in [0.15, 0.2) is 0 Å². The molecule has 6 nitrogen and oxygen atoms in total. The lowest BCUT2D eigenvalue weighted by Gasteiger charge is -2.04. The van der Waals surface area contributed by atoms with E-state index in [4.69, 9.17) is 18.9 Å². The van der Waals surface area contributed by atoms with Gasteiger partial charge in [-0.3, -0.25) is 0 Å². The zero-order chi connectivity index (χ0) is 18.8. The van der Waals surface area contributed by atoms with Gasteiger partial charge in [-0.2, -0.15) is 0 Å². The minimum absolute atomic E-state index is 0.0882. The Morgan fingerprint density at radius 3 is 1.35 bits per heavy atom. The monoisotopic (exact) mass is 356 g/mol. The first-order valence-electron chi connectivity index (χ1n) is 7.91. The summed E-state index contributed by atoms with van der Waals surface area (Å²) < 4.78 is 20.2. The van der Waals surface area contributed by atoms with Gasteiger partial charge in [0.05, 0.1) is 25.3 Å². The maximum atomic E-state index is 11.8. The first-order valence-corrected chi connectivity index (χ1v) is 7.91. The number of carbonyl (C=O) groups excluding carboxylic acids is 2. The van der Waals surface area contributed by atoms with Crippen molar-refractivity contribution < 1.29 is 28.5 Å². The highest BCUT2D eigenvalue weighted by molar-refractivity contribution is 5.90. The van der Waals surface area contributed by atoms with Crippen LogP contribution in [0.5, 0.6) is 11.5 Å². The number of methoxy groups -OCH3 is 2. The van der Waals surface area contributed by atoms with Gasteiger partial charge in [0, 0.05) is 0 Å². The predicted molar refractivity (Wildman–Crippen MR) is 95.7 cm³/mol. The summed E-state index contributed by atoms with van der Waals surface area (Å²) >= 11 is 0. The average molecular weight is 356 g/mol. The van der Waals surface area contributed by atoms with Crippen LogP contribution in [0.25, 0.3) is 0 Å². The van der Waals surface area contributed by atoms with E-state index < -0.39 is 11.9 Å². The van der Waals surface area contributed by atoms with E-state index in [1.165, 1.54) is 0 Å². The molecule has 0 aliphatic carbocycles. The van der Waals surface area contributed by atoms with Crippen LogP contribution < -0.4 is 9.47 Å². The van der Waals surface area contributed by atoms with Crippen molar-refractivity contribution in [1.29, 1.82) is 0 Å². The zero-order valence-electron chi connectivity index (χ0n) is 14.6. The van der Waals surface area contributed by atoms with E-state index in [9.17, 15) is 9.59 Å². The molecule has 0 aliphatic rings. The molecule has 0 fully saturated rings. The average Bonchev–Trinajstić information content (AvgIpc) is 2.70. The van der Waals surface area contributed by atoms with Crippen LogP contribution in [0, 0.1) is 0 Å². The summed E-state index contributed by atoms with van der Waals surface area (Å²) in [5, 5.41) is 0. The third-order valence-corrected chi connectivity index (χ3v) is 3.44. The minimum atomic E-state index is -0.437. The number of ether oxygens (including phenoxy) is 4. The summed E-state index contributed by atoms with van der Waals surface area (Å²) in [6.07, 6.45) is 3.23. The molecule has 136 valence electrons. The van der Waals surface area contributed by atoms with Crippen molar-refractivity contribution in [3.05, 3.63) is 71.8 Å². The van der Waals surface area contributed by atoms with Crippen molar-refractivity contribution in [3.8, 4) is 11.5 Å². The fourth-order valence-electron chi connectivity index (χ4n) is 2.00. The van der Waals surface area contributed by atoms with Crippen LogP contribution in [0.3, 0.4) is 0 Å². The Morgan fingerprint density at radius 2 is 1.04 bits per heavy atom. The Morgan fingerprint density at radius 1 is 0.692 bits per heavy atom. The van der Waals surface area contributed by atoms with E-state index in [1.807, 2.05) is 0 Å². The Balaban J connectivity index is 1.69. The second-order valence-corrected chi connectivity index (χ2v) is 5.13.